The van der Waals surface area contributed by atoms with Crippen molar-refractivity contribution in [1.29, 1.82) is 0 Å². The number of hydrogen-bond donors (Lipinski definition) is 2. The summed E-state index contributed by atoms with van der Waals surface area (Å²) in [6, 6.07) is 13.9. The molecule has 26 heavy (non-hydrogen) atoms. The third-order valence-electron chi connectivity index (χ3n) is 4.61. The van der Waals surface area contributed by atoms with Gasteiger partial charge in [-0.05, 0) is 30.3 Å². The van der Waals surface area contributed by atoms with Crippen LogP contribution < -0.4 is 24.6 Å². The SMILES string of the molecule is CN(C)c1ccc([C@@H](CNC(=O)c2ccc3c(c2)OCO3)[NH+](C)C)cc1. The number of amides is 1. The number of likely N-dealkylation sites (N-methyl/N-ethyl adjacent to an activating group) is 1. The fraction of sp³-hybridized carbons (Fsp3) is 0.350. The molecule has 0 fully saturated rings. The van der Waals surface area contributed by atoms with E-state index in [1.165, 1.54) is 10.5 Å². The molecule has 2 N–H and O–H groups in total. The number of rotatable bonds is 6. The Hall–Kier alpha value is -2.73. The van der Waals surface area contributed by atoms with Gasteiger partial charge >= 0.3 is 0 Å². The van der Waals surface area contributed by atoms with E-state index in [1.54, 1.807) is 18.2 Å². The van der Waals surface area contributed by atoms with E-state index < -0.39 is 0 Å². The van der Waals surface area contributed by atoms with Gasteiger partial charge in [-0.2, -0.15) is 0 Å². The molecule has 6 heteroatoms. The van der Waals surface area contributed by atoms with E-state index >= 15 is 0 Å². The average Bonchev–Trinajstić information content (AvgIpc) is 3.09. The van der Waals surface area contributed by atoms with Crippen LogP contribution in [0.25, 0.3) is 0 Å². The van der Waals surface area contributed by atoms with Crippen molar-refractivity contribution < 1.29 is 19.2 Å². The first-order chi connectivity index (χ1) is 12.5. The molecule has 2 aromatic rings. The molecule has 1 heterocycles. The van der Waals surface area contributed by atoms with E-state index in [2.05, 4.69) is 48.6 Å². The summed E-state index contributed by atoms with van der Waals surface area (Å²) in [4.78, 5) is 15.9. The zero-order valence-corrected chi connectivity index (χ0v) is 15.7. The Bertz CT molecular complexity index is 772. The molecule has 3 rings (SSSR count). The Morgan fingerprint density at radius 2 is 1.81 bits per heavy atom. The van der Waals surface area contributed by atoms with Crippen molar-refractivity contribution in [1.82, 2.24) is 5.32 Å². The van der Waals surface area contributed by atoms with Crippen molar-refractivity contribution in [2.75, 3.05) is 46.4 Å². The first kappa shape index (κ1) is 18.1. The van der Waals surface area contributed by atoms with Gasteiger partial charge in [-0.15, -0.1) is 0 Å². The van der Waals surface area contributed by atoms with E-state index in [-0.39, 0.29) is 18.7 Å². The van der Waals surface area contributed by atoms with Gasteiger partial charge in [0.2, 0.25) is 6.79 Å². The third kappa shape index (κ3) is 3.91. The summed E-state index contributed by atoms with van der Waals surface area (Å²) in [5.41, 5.74) is 2.93. The topological polar surface area (TPSA) is 55.2 Å². The van der Waals surface area contributed by atoms with Crippen molar-refractivity contribution in [3.8, 4) is 11.5 Å². The van der Waals surface area contributed by atoms with Crippen LogP contribution in [0.5, 0.6) is 11.5 Å². The molecule has 0 aromatic heterocycles. The van der Waals surface area contributed by atoms with E-state index in [0.717, 1.165) is 5.69 Å². The first-order valence-electron chi connectivity index (χ1n) is 8.71. The second-order valence-corrected chi connectivity index (χ2v) is 6.89. The van der Waals surface area contributed by atoms with Crippen LogP contribution in [-0.4, -0.2) is 47.4 Å². The second kappa shape index (κ2) is 7.66. The molecule has 138 valence electrons. The van der Waals surface area contributed by atoms with E-state index in [9.17, 15) is 4.79 Å². The predicted molar refractivity (Wildman–Crippen MR) is 101 cm³/mol. The van der Waals surface area contributed by atoms with Crippen LogP contribution >= 0.6 is 0 Å². The van der Waals surface area contributed by atoms with Crippen LogP contribution in [0.4, 0.5) is 5.69 Å². The van der Waals surface area contributed by atoms with E-state index in [1.807, 2.05) is 14.1 Å². The minimum absolute atomic E-state index is 0.112. The van der Waals surface area contributed by atoms with Crippen LogP contribution in [0.2, 0.25) is 0 Å². The van der Waals surface area contributed by atoms with Crippen LogP contribution in [0, 0.1) is 0 Å². The molecule has 1 aliphatic heterocycles. The highest BCUT2D eigenvalue weighted by Crippen LogP contribution is 2.32. The largest absolute Gasteiger partial charge is 0.454 e. The lowest BCUT2D eigenvalue weighted by atomic mass is 10.0. The minimum atomic E-state index is -0.112. The predicted octanol–water partition coefficient (Wildman–Crippen LogP) is 1.10. The Labute approximate surface area is 154 Å². The fourth-order valence-corrected chi connectivity index (χ4v) is 2.99. The first-order valence-corrected chi connectivity index (χ1v) is 8.71. The number of nitrogens with one attached hydrogen (secondary N) is 2. The standard InChI is InChI=1S/C20H25N3O3/c1-22(2)16-8-5-14(6-9-16)17(23(3)4)12-21-20(24)15-7-10-18-19(11-15)26-13-25-18/h5-11,17H,12-13H2,1-4H3,(H,21,24)/p+1/t17-/m1/s1. The molecule has 0 aliphatic carbocycles. The van der Waals surface area contributed by atoms with Gasteiger partial charge in [0.15, 0.2) is 11.5 Å². The van der Waals surface area contributed by atoms with Gasteiger partial charge in [0.1, 0.15) is 6.04 Å². The fourth-order valence-electron chi connectivity index (χ4n) is 2.99. The number of quaternary nitrogens is 1. The lowest BCUT2D eigenvalue weighted by Gasteiger charge is -2.23. The van der Waals surface area contributed by atoms with Gasteiger partial charge in [-0.3, -0.25) is 4.79 Å². The quantitative estimate of drug-likeness (QED) is 0.814. The van der Waals surface area contributed by atoms with Crippen molar-refractivity contribution in [2.45, 2.75) is 6.04 Å². The van der Waals surface area contributed by atoms with Gasteiger partial charge in [0.05, 0.1) is 20.6 Å². The summed E-state index contributed by atoms with van der Waals surface area (Å²) in [6.07, 6.45) is 0. The van der Waals surface area contributed by atoms with Gasteiger partial charge in [0.25, 0.3) is 5.91 Å². The number of benzene rings is 2. The van der Waals surface area contributed by atoms with Crippen molar-refractivity contribution in [3.05, 3.63) is 53.6 Å². The molecule has 1 amide bonds. The summed E-state index contributed by atoms with van der Waals surface area (Å²) >= 11 is 0. The monoisotopic (exact) mass is 356 g/mol. The van der Waals surface area contributed by atoms with Gasteiger partial charge < -0.3 is 24.6 Å². The molecular weight excluding hydrogens is 330 g/mol. The van der Waals surface area contributed by atoms with Gasteiger partial charge in [-0.1, -0.05) is 12.1 Å². The maximum Gasteiger partial charge on any atom is 0.251 e. The zero-order valence-electron chi connectivity index (χ0n) is 15.7. The molecule has 0 spiro atoms. The number of hydrogen-bond acceptors (Lipinski definition) is 4. The van der Waals surface area contributed by atoms with Gasteiger partial charge in [-0.25, -0.2) is 0 Å². The Morgan fingerprint density at radius 3 is 2.46 bits per heavy atom. The Balaban J connectivity index is 1.67. The molecular formula is C20H26N3O3+. The minimum Gasteiger partial charge on any atom is -0.454 e. The van der Waals surface area contributed by atoms with Crippen molar-refractivity contribution >= 4 is 11.6 Å². The van der Waals surface area contributed by atoms with Crippen LogP contribution in [0.3, 0.4) is 0 Å². The number of ether oxygens (including phenoxy) is 2. The third-order valence-corrected chi connectivity index (χ3v) is 4.61. The van der Waals surface area contributed by atoms with Crippen molar-refractivity contribution in [3.63, 3.8) is 0 Å². The molecule has 1 atom stereocenters. The molecule has 2 aromatic carbocycles. The molecule has 1 aliphatic rings. The summed E-state index contributed by atoms with van der Waals surface area (Å²) in [6.45, 7) is 0.756. The van der Waals surface area contributed by atoms with Crippen LogP contribution in [-0.2, 0) is 0 Å². The molecule has 0 radical (unpaired) electrons. The lowest BCUT2D eigenvalue weighted by molar-refractivity contribution is -0.890. The highest BCUT2D eigenvalue weighted by Gasteiger charge is 2.21. The van der Waals surface area contributed by atoms with Crippen molar-refractivity contribution in [2.24, 2.45) is 0 Å². The molecule has 0 saturated heterocycles. The second-order valence-electron chi connectivity index (χ2n) is 6.89. The average molecular weight is 356 g/mol. The molecule has 0 bridgehead atoms. The Kier molecular flexibility index (Phi) is 5.32. The summed E-state index contributed by atoms with van der Waals surface area (Å²) in [5, 5.41) is 3.04. The van der Waals surface area contributed by atoms with E-state index in [4.69, 9.17) is 9.47 Å². The Morgan fingerprint density at radius 1 is 1.12 bits per heavy atom. The number of fused-ring (bicyclic) bond motifs is 1. The van der Waals surface area contributed by atoms with Crippen LogP contribution in [0.1, 0.15) is 22.0 Å². The highest BCUT2D eigenvalue weighted by molar-refractivity contribution is 5.94. The maximum absolute atomic E-state index is 12.5. The molecule has 0 unspecified atom stereocenters. The van der Waals surface area contributed by atoms with Crippen LogP contribution in [0.15, 0.2) is 42.5 Å². The number of carbonyl (C=O) groups excluding carboxylic acids is 1. The molecule has 0 saturated carbocycles. The summed E-state index contributed by atoms with van der Waals surface area (Å²) < 4.78 is 10.6. The maximum atomic E-state index is 12.5. The van der Waals surface area contributed by atoms with Gasteiger partial charge in [0, 0.05) is 30.9 Å². The number of anilines is 1. The highest BCUT2D eigenvalue weighted by atomic mass is 16.7. The summed E-state index contributed by atoms with van der Waals surface area (Å²) in [7, 11) is 8.24. The smallest absolute Gasteiger partial charge is 0.251 e. The number of carbonyl (C=O) groups is 1. The summed E-state index contributed by atoms with van der Waals surface area (Å²) in [5.74, 6) is 1.18. The normalized spacial score (nSPS) is 13.6. The zero-order chi connectivity index (χ0) is 18.7. The van der Waals surface area contributed by atoms with E-state index in [0.29, 0.717) is 23.6 Å². The number of nitrogens with zero attached hydrogens (tertiary/aromatic N) is 1. The lowest BCUT2D eigenvalue weighted by Crippen LogP contribution is -3.07. The molecule has 6 nitrogen and oxygen atoms in total.